The molecule has 0 aromatic heterocycles. The lowest BCUT2D eigenvalue weighted by Crippen LogP contribution is -2.47. The van der Waals surface area contributed by atoms with E-state index in [1.807, 2.05) is 0 Å². The van der Waals surface area contributed by atoms with Gasteiger partial charge in [-0.25, -0.2) is 0 Å². The van der Waals surface area contributed by atoms with Crippen LogP contribution >= 0.6 is 0 Å². The largest absolute Gasteiger partial charge is 0.313 e. The van der Waals surface area contributed by atoms with Crippen LogP contribution in [0.15, 0.2) is 0 Å². The maximum absolute atomic E-state index is 8.93. The first-order valence-corrected chi connectivity index (χ1v) is 4.57. The molecule has 0 spiro atoms. The van der Waals surface area contributed by atoms with Crippen LogP contribution in [0.25, 0.3) is 0 Å². The third kappa shape index (κ3) is 1.98. The predicted octanol–water partition coefficient (Wildman–Crippen LogP) is 2.05. The molecule has 1 aliphatic rings. The van der Waals surface area contributed by atoms with Crippen LogP contribution in [0.2, 0.25) is 0 Å². The molecule has 1 aliphatic carbocycles. The summed E-state index contributed by atoms with van der Waals surface area (Å²) in [5.74, 6) is 0.582. The van der Waals surface area contributed by atoms with Gasteiger partial charge in [0.25, 0.3) is 0 Å². The summed E-state index contributed by atoms with van der Waals surface area (Å²) in [7, 11) is 0. The summed E-state index contributed by atoms with van der Waals surface area (Å²) in [6.45, 7) is 6.57. The molecular weight excluding hydrogens is 148 g/mol. The van der Waals surface area contributed by atoms with Gasteiger partial charge in [0.05, 0.1) is 6.07 Å². The Labute approximate surface area is 74.8 Å². The zero-order valence-corrected chi connectivity index (χ0v) is 8.22. The van der Waals surface area contributed by atoms with Crippen molar-refractivity contribution in [1.82, 2.24) is 0 Å². The van der Waals surface area contributed by atoms with E-state index < -0.39 is 5.54 Å². The van der Waals surface area contributed by atoms with Crippen LogP contribution in [0.3, 0.4) is 0 Å². The van der Waals surface area contributed by atoms with Crippen LogP contribution < -0.4 is 5.73 Å². The summed E-state index contributed by atoms with van der Waals surface area (Å²) in [5, 5.41) is 8.93. The molecule has 1 saturated carbocycles. The van der Waals surface area contributed by atoms with Crippen molar-refractivity contribution in [3.8, 4) is 6.07 Å². The number of nitriles is 1. The number of rotatable bonds is 0. The van der Waals surface area contributed by atoms with E-state index in [2.05, 4.69) is 26.8 Å². The van der Waals surface area contributed by atoms with Gasteiger partial charge < -0.3 is 5.73 Å². The molecule has 0 radical (unpaired) electrons. The van der Waals surface area contributed by atoms with Gasteiger partial charge in [-0.15, -0.1) is 0 Å². The molecule has 1 rings (SSSR count). The van der Waals surface area contributed by atoms with E-state index in [0.717, 1.165) is 12.8 Å². The van der Waals surface area contributed by atoms with E-state index >= 15 is 0 Å². The second-order valence-electron chi connectivity index (χ2n) is 5.12. The van der Waals surface area contributed by atoms with Gasteiger partial charge in [-0.1, -0.05) is 20.8 Å². The van der Waals surface area contributed by atoms with Gasteiger partial charge in [-0.3, -0.25) is 0 Å². The summed E-state index contributed by atoms with van der Waals surface area (Å²) in [6.07, 6.45) is 2.88. The van der Waals surface area contributed by atoms with Crippen molar-refractivity contribution in [3.05, 3.63) is 0 Å². The van der Waals surface area contributed by atoms with Gasteiger partial charge in [0.2, 0.25) is 0 Å². The fourth-order valence-corrected chi connectivity index (χ4v) is 2.72. The van der Waals surface area contributed by atoms with Crippen LogP contribution in [0, 0.1) is 22.7 Å². The SMILES string of the molecule is CC1CC(C)(C)CC(N)(C#N)C1. The lowest BCUT2D eigenvalue weighted by Gasteiger charge is -2.41. The fraction of sp³-hybridized carbons (Fsp3) is 0.900. The molecule has 68 valence electrons. The number of nitrogens with zero attached hydrogens (tertiary/aromatic N) is 1. The summed E-state index contributed by atoms with van der Waals surface area (Å²) in [4.78, 5) is 0. The van der Waals surface area contributed by atoms with Gasteiger partial charge in [-0.2, -0.15) is 5.26 Å². The highest BCUT2D eigenvalue weighted by atomic mass is 14.8. The summed E-state index contributed by atoms with van der Waals surface area (Å²) < 4.78 is 0. The Morgan fingerprint density at radius 3 is 2.42 bits per heavy atom. The molecule has 0 aromatic rings. The van der Waals surface area contributed by atoms with E-state index in [4.69, 9.17) is 11.0 Å². The molecule has 2 unspecified atom stereocenters. The predicted molar refractivity (Wildman–Crippen MR) is 49.3 cm³/mol. The van der Waals surface area contributed by atoms with Crippen molar-refractivity contribution in [2.24, 2.45) is 17.1 Å². The first kappa shape index (κ1) is 9.54. The maximum atomic E-state index is 8.93. The first-order valence-electron chi connectivity index (χ1n) is 4.57. The molecule has 2 atom stereocenters. The molecule has 0 aliphatic heterocycles. The lowest BCUT2D eigenvalue weighted by atomic mass is 9.65. The summed E-state index contributed by atoms with van der Waals surface area (Å²) in [5.41, 5.74) is 5.63. The lowest BCUT2D eigenvalue weighted by molar-refractivity contribution is 0.138. The first-order chi connectivity index (χ1) is 5.37. The minimum absolute atomic E-state index is 0.238. The minimum Gasteiger partial charge on any atom is -0.313 e. The fourth-order valence-electron chi connectivity index (χ4n) is 2.72. The van der Waals surface area contributed by atoms with Crippen molar-refractivity contribution in [2.75, 3.05) is 0 Å². The highest BCUT2D eigenvalue weighted by molar-refractivity contribution is 5.10. The smallest absolute Gasteiger partial charge is 0.105 e. The van der Waals surface area contributed by atoms with Crippen molar-refractivity contribution < 1.29 is 0 Å². The average Bonchev–Trinajstić information content (AvgIpc) is 1.82. The van der Waals surface area contributed by atoms with Gasteiger partial charge in [-0.05, 0) is 30.6 Å². The van der Waals surface area contributed by atoms with Gasteiger partial charge >= 0.3 is 0 Å². The summed E-state index contributed by atoms with van der Waals surface area (Å²) >= 11 is 0. The van der Waals surface area contributed by atoms with Crippen LogP contribution in [-0.4, -0.2) is 5.54 Å². The Morgan fingerprint density at radius 2 is 2.00 bits per heavy atom. The Kier molecular flexibility index (Phi) is 2.18. The third-order valence-corrected chi connectivity index (χ3v) is 2.63. The molecule has 0 heterocycles. The third-order valence-electron chi connectivity index (χ3n) is 2.63. The molecule has 2 nitrogen and oxygen atoms in total. The average molecular weight is 166 g/mol. The van der Waals surface area contributed by atoms with Crippen LogP contribution in [0.4, 0.5) is 0 Å². The molecule has 0 bridgehead atoms. The number of nitrogens with two attached hydrogens (primary N) is 1. The van der Waals surface area contributed by atoms with Gasteiger partial charge in [0, 0.05) is 0 Å². The topological polar surface area (TPSA) is 49.8 Å². The molecule has 12 heavy (non-hydrogen) atoms. The molecule has 2 N–H and O–H groups in total. The number of hydrogen-bond donors (Lipinski definition) is 1. The second-order valence-corrected chi connectivity index (χ2v) is 5.12. The zero-order chi connectivity index (χ0) is 9.41. The van der Waals surface area contributed by atoms with Crippen LogP contribution in [0.1, 0.15) is 40.0 Å². The minimum atomic E-state index is -0.568. The Balaban J connectivity index is 2.78. The normalized spacial score (nSPS) is 40.4. The van der Waals surface area contributed by atoms with Gasteiger partial charge in [0.1, 0.15) is 5.54 Å². The molecule has 0 amide bonds. The second kappa shape index (κ2) is 2.74. The quantitative estimate of drug-likeness (QED) is 0.598. The highest BCUT2D eigenvalue weighted by Crippen LogP contribution is 2.42. The molecule has 0 saturated heterocycles. The molecule has 0 aromatic carbocycles. The molecular formula is C10H18N2. The maximum Gasteiger partial charge on any atom is 0.105 e. The van der Waals surface area contributed by atoms with Crippen molar-refractivity contribution in [1.29, 1.82) is 5.26 Å². The zero-order valence-electron chi connectivity index (χ0n) is 8.22. The monoisotopic (exact) mass is 166 g/mol. The van der Waals surface area contributed by atoms with Crippen LogP contribution in [-0.2, 0) is 0 Å². The molecule has 2 heteroatoms. The van der Waals surface area contributed by atoms with Crippen molar-refractivity contribution in [3.63, 3.8) is 0 Å². The standard InChI is InChI=1S/C10H18N2/c1-8-4-9(2,3)6-10(12,5-8)7-11/h8H,4-6,12H2,1-3H3. The Hall–Kier alpha value is -0.550. The molecule has 1 fully saturated rings. The van der Waals surface area contributed by atoms with E-state index in [9.17, 15) is 0 Å². The number of hydrogen-bond acceptors (Lipinski definition) is 2. The van der Waals surface area contributed by atoms with E-state index in [1.165, 1.54) is 6.42 Å². The van der Waals surface area contributed by atoms with Gasteiger partial charge in [0.15, 0.2) is 0 Å². The highest BCUT2D eigenvalue weighted by Gasteiger charge is 2.40. The van der Waals surface area contributed by atoms with E-state index in [-0.39, 0.29) is 5.41 Å². The Bertz CT molecular complexity index is 214. The van der Waals surface area contributed by atoms with Crippen molar-refractivity contribution >= 4 is 0 Å². The van der Waals surface area contributed by atoms with E-state index in [0.29, 0.717) is 5.92 Å². The summed E-state index contributed by atoms with van der Waals surface area (Å²) in [6, 6.07) is 2.24. The van der Waals surface area contributed by atoms with E-state index in [1.54, 1.807) is 0 Å². The van der Waals surface area contributed by atoms with Crippen molar-refractivity contribution in [2.45, 2.75) is 45.6 Å². The van der Waals surface area contributed by atoms with Crippen LogP contribution in [0.5, 0.6) is 0 Å². The Morgan fingerprint density at radius 1 is 1.42 bits per heavy atom.